The van der Waals surface area contributed by atoms with E-state index >= 15 is 0 Å². The van der Waals surface area contributed by atoms with E-state index in [9.17, 15) is 0 Å². The quantitative estimate of drug-likeness (QED) is 0.722. The summed E-state index contributed by atoms with van der Waals surface area (Å²) in [7, 11) is 0. The maximum atomic E-state index is 5.01. The van der Waals surface area contributed by atoms with Crippen LogP contribution in [0.25, 0.3) is 5.70 Å². The fraction of sp³-hybridized carbons (Fsp3) is 0.0400. The molecule has 3 aliphatic heterocycles. The molecule has 0 fully saturated rings. The van der Waals surface area contributed by atoms with Gasteiger partial charge in [0.25, 0.3) is 0 Å². The molecule has 1 N–H and O–H groups in total. The normalized spacial score (nSPS) is 19.3. The second-order valence-corrected chi connectivity index (χ2v) is 7.32. The fourth-order valence-electron chi connectivity index (χ4n) is 4.05. The van der Waals surface area contributed by atoms with Gasteiger partial charge in [-0.3, -0.25) is 4.90 Å². The van der Waals surface area contributed by atoms with Gasteiger partial charge in [0.15, 0.2) is 11.7 Å². The molecule has 0 aromatic heterocycles. The highest BCUT2D eigenvalue weighted by Crippen LogP contribution is 2.36. The Balaban J connectivity index is 1.46. The number of para-hydroxylation sites is 1. The van der Waals surface area contributed by atoms with Crippen LogP contribution in [0.1, 0.15) is 11.1 Å². The van der Waals surface area contributed by atoms with Crippen molar-refractivity contribution in [2.45, 2.75) is 6.04 Å². The van der Waals surface area contributed by atoms with E-state index in [1.807, 2.05) is 53.7 Å². The summed E-state index contributed by atoms with van der Waals surface area (Å²) in [6, 6.07) is 30.8. The Bertz CT molecular complexity index is 1210. The zero-order valence-electron chi connectivity index (χ0n) is 16.2. The summed E-state index contributed by atoms with van der Waals surface area (Å²) in [5, 5.41) is 10.5. The first-order chi connectivity index (χ1) is 14.9. The van der Waals surface area contributed by atoms with Crippen LogP contribution in [0.15, 0.2) is 119 Å². The third kappa shape index (κ3) is 2.63. The Hall–Kier alpha value is -4.12. The number of fused-ring (bicyclic) bond motifs is 3. The van der Waals surface area contributed by atoms with Crippen LogP contribution in [0.3, 0.4) is 0 Å². The Labute approximate surface area is 175 Å². The average Bonchev–Trinajstić information content (AvgIpc) is 3.43. The van der Waals surface area contributed by atoms with Gasteiger partial charge in [-0.25, -0.2) is 10.0 Å². The first-order valence-electron chi connectivity index (χ1n) is 9.99. The van der Waals surface area contributed by atoms with E-state index in [2.05, 4.69) is 64.8 Å². The van der Waals surface area contributed by atoms with Crippen molar-refractivity contribution in [3.8, 4) is 0 Å². The van der Waals surface area contributed by atoms with Crippen molar-refractivity contribution in [2.24, 2.45) is 10.1 Å². The topological polar surface area (TPSA) is 43.2 Å². The molecule has 0 amide bonds. The number of amidine groups is 2. The van der Waals surface area contributed by atoms with Gasteiger partial charge in [0.05, 0.1) is 11.9 Å². The van der Waals surface area contributed by atoms with E-state index in [1.165, 1.54) is 0 Å². The second kappa shape index (κ2) is 6.74. The van der Waals surface area contributed by atoms with Crippen molar-refractivity contribution >= 4 is 23.1 Å². The molecular formula is C25H19N5. The average molecular weight is 389 g/mol. The molecule has 3 aromatic rings. The number of benzene rings is 3. The molecule has 30 heavy (non-hydrogen) atoms. The van der Waals surface area contributed by atoms with Gasteiger partial charge in [0.1, 0.15) is 11.9 Å². The summed E-state index contributed by atoms with van der Waals surface area (Å²) in [6.07, 6.45) is 4.13. The maximum absolute atomic E-state index is 5.01. The first kappa shape index (κ1) is 16.8. The van der Waals surface area contributed by atoms with E-state index in [-0.39, 0.29) is 6.04 Å². The molecule has 3 heterocycles. The number of hydrazone groups is 1. The van der Waals surface area contributed by atoms with Gasteiger partial charge in [-0.05, 0) is 23.8 Å². The maximum Gasteiger partial charge on any atom is 0.163 e. The second-order valence-electron chi connectivity index (χ2n) is 7.32. The molecule has 0 bridgehead atoms. The number of hydrogen-bond acceptors (Lipinski definition) is 5. The molecule has 0 aliphatic carbocycles. The van der Waals surface area contributed by atoms with Crippen LogP contribution in [-0.4, -0.2) is 22.6 Å². The van der Waals surface area contributed by atoms with E-state index in [0.717, 1.165) is 40.0 Å². The Morgan fingerprint density at radius 2 is 1.37 bits per heavy atom. The van der Waals surface area contributed by atoms with Crippen molar-refractivity contribution in [1.29, 1.82) is 0 Å². The van der Waals surface area contributed by atoms with Crippen LogP contribution >= 0.6 is 0 Å². The van der Waals surface area contributed by atoms with Crippen molar-refractivity contribution in [2.75, 3.05) is 5.01 Å². The van der Waals surface area contributed by atoms with Crippen LogP contribution in [0.2, 0.25) is 0 Å². The van der Waals surface area contributed by atoms with E-state index in [4.69, 9.17) is 10.1 Å². The zero-order chi connectivity index (χ0) is 19.9. The molecule has 3 aromatic carbocycles. The zero-order valence-corrected chi connectivity index (χ0v) is 16.2. The van der Waals surface area contributed by atoms with Gasteiger partial charge in [0.2, 0.25) is 0 Å². The number of rotatable bonds is 3. The van der Waals surface area contributed by atoms with Crippen molar-refractivity contribution in [3.63, 3.8) is 0 Å². The SMILES string of the molecule is C1=C(c2ccccc2)NC2=NC=C3N(c4ccccc4)N=C(c4ccccc4)N3C12. The number of anilines is 1. The third-order valence-corrected chi connectivity index (χ3v) is 5.47. The summed E-state index contributed by atoms with van der Waals surface area (Å²) < 4.78 is 0. The predicted octanol–water partition coefficient (Wildman–Crippen LogP) is 4.39. The molecule has 0 saturated heterocycles. The number of nitrogens with zero attached hydrogens (tertiary/aromatic N) is 4. The van der Waals surface area contributed by atoms with Gasteiger partial charge >= 0.3 is 0 Å². The minimum absolute atomic E-state index is 0.0344. The molecule has 5 nitrogen and oxygen atoms in total. The lowest BCUT2D eigenvalue weighted by atomic mass is 10.1. The third-order valence-electron chi connectivity index (χ3n) is 5.47. The molecule has 144 valence electrons. The molecule has 3 aliphatic rings. The highest BCUT2D eigenvalue weighted by molar-refractivity contribution is 6.10. The highest BCUT2D eigenvalue weighted by Gasteiger charge is 2.41. The smallest absolute Gasteiger partial charge is 0.163 e. The minimum atomic E-state index is -0.0344. The summed E-state index contributed by atoms with van der Waals surface area (Å²) >= 11 is 0. The summed E-state index contributed by atoms with van der Waals surface area (Å²) in [4.78, 5) is 7.01. The van der Waals surface area contributed by atoms with E-state index in [1.54, 1.807) is 0 Å². The van der Waals surface area contributed by atoms with Gasteiger partial charge < -0.3 is 5.32 Å². The van der Waals surface area contributed by atoms with Gasteiger partial charge in [-0.2, -0.15) is 0 Å². The minimum Gasteiger partial charge on any atom is -0.341 e. The number of hydrogen-bond donors (Lipinski definition) is 1. The molecule has 6 rings (SSSR count). The first-order valence-corrected chi connectivity index (χ1v) is 9.99. The Morgan fingerprint density at radius 3 is 2.07 bits per heavy atom. The molecular weight excluding hydrogens is 370 g/mol. The summed E-state index contributed by atoms with van der Waals surface area (Å²) in [5.74, 6) is 2.77. The molecule has 1 unspecified atom stereocenters. The molecule has 0 spiro atoms. The van der Waals surface area contributed by atoms with Crippen molar-refractivity contribution < 1.29 is 0 Å². The fourth-order valence-corrected chi connectivity index (χ4v) is 4.05. The lowest BCUT2D eigenvalue weighted by molar-refractivity contribution is 0.515. The standard InChI is InChI=1S/C25H19N5/c1-4-10-18(11-5-1)21-16-22-24(27-21)26-17-23-29(22)25(19-12-6-2-7-13-19)28-30(23)20-14-8-3-9-15-20/h1-17,22H,(H,26,27). The Morgan fingerprint density at radius 1 is 0.733 bits per heavy atom. The molecule has 0 saturated carbocycles. The largest absolute Gasteiger partial charge is 0.341 e. The van der Waals surface area contributed by atoms with Crippen LogP contribution in [0.4, 0.5) is 5.69 Å². The van der Waals surface area contributed by atoms with Crippen molar-refractivity contribution in [1.82, 2.24) is 10.2 Å². The van der Waals surface area contributed by atoms with E-state index in [0.29, 0.717) is 0 Å². The van der Waals surface area contributed by atoms with Gasteiger partial charge in [-0.1, -0.05) is 78.9 Å². The van der Waals surface area contributed by atoms with Crippen molar-refractivity contribution in [3.05, 3.63) is 120 Å². The summed E-state index contributed by atoms with van der Waals surface area (Å²) in [5.41, 5.74) is 4.30. The molecule has 1 atom stereocenters. The molecule has 5 heteroatoms. The van der Waals surface area contributed by atoms with E-state index < -0.39 is 0 Å². The van der Waals surface area contributed by atoms with Crippen LogP contribution in [0.5, 0.6) is 0 Å². The van der Waals surface area contributed by atoms with Gasteiger partial charge in [0, 0.05) is 11.3 Å². The number of aliphatic imine (C=N–C) groups is 1. The van der Waals surface area contributed by atoms with Crippen LogP contribution < -0.4 is 10.3 Å². The van der Waals surface area contributed by atoms with Gasteiger partial charge in [-0.15, -0.1) is 5.10 Å². The monoisotopic (exact) mass is 389 g/mol. The lowest BCUT2D eigenvalue weighted by Crippen LogP contribution is -2.45. The summed E-state index contributed by atoms with van der Waals surface area (Å²) in [6.45, 7) is 0. The highest BCUT2D eigenvalue weighted by atomic mass is 15.6. The predicted molar refractivity (Wildman–Crippen MR) is 121 cm³/mol. The lowest BCUT2D eigenvalue weighted by Gasteiger charge is -2.31. The number of nitrogens with one attached hydrogen (secondary N) is 1. The van der Waals surface area contributed by atoms with Crippen LogP contribution in [-0.2, 0) is 0 Å². The van der Waals surface area contributed by atoms with Crippen LogP contribution in [0, 0.1) is 0 Å². The Kier molecular flexibility index (Phi) is 3.77. The molecule has 0 radical (unpaired) electrons.